The number of amides is 3. The van der Waals surface area contributed by atoms with Crippen LogP contribution in [-0.2, 0) is 20.9 Å². The van der Waals surface area contributed by atoms with E-state index in [1.54, 1.807) is 42.7 Å². The van der Waals surface area contributed by atoms with E-state index in [9.17, 15) is 14.4 Å². The van der Waals surface area contributed by atoms with Crippen molar-refractivity contribution in [1.82, 2.24) is 9.88 Å². The minimum Gasteiger partial charge on any atom is -0.350 e. The lowest BCUT2D eigenvalue weighted by molar-refractivity contribution is -0.137. The van der Waals surface area contributed by atoms with E-state index >= 15 is 0 Å². The Morgan fingerprint density at radius 3 is 2.42 bits per heavy atom. The zero-order chi connectivity index (χ0) is 23.5. The summed E-state index contributed by atoms with van der Waals surface area (Å²) in [6, 6.07) is 16.4. The molecule has 4 rings (SSSR count). The Morgan fingerprint density at radius 2 is 1.76 bits per heavy atom. The molecule has 166 valence electrons. The molecule has 0 saturated heterocycles. The molecule has 3 amide bonds. The number of hydrogen-bond donors (Lipinski definition) is 2. The lowest BCUT2D eigenvalue weighted by atomic mass is 10.0. The second-order valence-corrected chi connectivity index (χ2v) is 8.01. The van der Waals surface area contributed by atoms with Gasteiger partial charge >= 0.3 is 0 Å². The van der Waals surface area contributed by atoms with E-state index in [0.29, 0.717) is 16.8 Å². The summed E-state index contributed by atoms with van der Waals surface area (Å²) >= 11 is 0. The van der Waals surface area contributed by atoms with Crippen molar-refractivity contribution in [2.24, 2.45) is 0 Å². The van der Waals surface area contributed by atoms with E-state index in [4.69, 9.17) is 0 Å². The highest BCUT2D eigenvalue weighted by Crippen LogP contribution is 2.33. The van der Waals surface area contributed by atoms with Gasteiger partial charge in [-0.25, -0.2) is 0 Å². The van der Waals surface area contributed by atoms with Gasteiger partial charge in [0.05, 0.1) is 12.1 Å². The first-order valence-corrected chi connectivity index (χ1v) is 10.5. The maximum absolute atomic E-state index is 13.5. The summed E-state index contributed by atoms with van der Waals surface area (Å²) in [5.41, 5.74) is 5.23. The number of carbonyl (C=O) groups is 3. The van der Waals surface area contributed by atoms with Gasteiger partial charge in [-0.1, -0.05) is 30.3 Å². The van der Waals surface area contributed by atoms with Crippen molar-refractivity contribution in [1.29, 1.82) is 0 Å². The van der Waals surface area contributed by atoms with Crippen LogP contribution in [-0.4, -0.2) is 27.6 Å². The number of imide groups is 1. The summed E-state index contributed by atoms with van der Waals surface area (Å²) in [5.74, 6) is -0.969. The number of pyridine rings is 1. The highest BCUT2D eigenvalue weighted by atomic mass is 16.2. The van der Waals surface area contributed by atoms with E-state index in [1.165, 1.54) is 11.8 Å². The molecule has 7 heteroatoms. The van der Waals surface area contributed by atoms with Gasteiger partial charge in [-0.3, -0.25) is 24.3 Å². The monoisotopic (exact) mass is 440 g/mol. The summed E-state index contributed by atoms with van der Waals surface area (Å²) in [5, 5.41) is 5.93. The number of benzene rings is 2. The van der Waals surface area contributed by atoms with Crippen LogP contribution in [0.1, 0.15) is 29.2 Å². The lowest BCUT2D eigenvalue weighted by Crippen LogP contribution is -2.32. The summed E-state index contributed by atoms with van der Waals surface area (Å²) in [4.78, 5) is 43.5. The van der Waals surface area contributed by atoms with Crippen LogP contribution >= 0.6 is 0 Å². The zero-order valence-electron chi connectivity index (χ0n) is 18.7. The van der Waals surface area contributed by atoms with Crippen LogP contribution in [0.2, 0.25) is 0 Å². The first kappa shape index (κ1) is 22.0. The van der Waals surface area contributed by atoms with Crippen LogP contribution in [0.3, 0.4) is 0 Å². The molecule has 1 aromatic heterocycles. The fourth-order valence-electron chi connectivity index (χ4n) is 3.71. The van der Waals surface area contributed by atoms with Gasteiger partial charge in [-0.15, -0.1) is 0 Å². The second-order valence-electron chi connectivity index (χ2n) is 8.01. The molecule has 2 heterocycles. The summed E-state index contributed by atoms with van der Waals surface area (Å²) in [6.07, 6.45) is 3.28. The van der Waals surface area contributed by atoms with E-state index in [0.717, 1.165) is 22.4 Å². The number of anilines is 2. The van der Waals surface area contributed by atoms with Crippen molar-refractivity contribution in [3.05, 3.63) is 94.9 Å². The molecule has 0 spiro atoms. The van der Waals surface area contributed by atoms with E-state index in [2.05, 4.69) is 15.6 Å². The summed E-state index contributed by atoms with van der Waals surface area (Å²) < 4.78 is 0. The third-order valence-electron chi connectivity index (χ3n) is 5.38. The van der Waals surface area contributed by atoms with Gasteiger partial charge in [0, 0.05) is 30.7 Å². The summed E-state index contributed by atoms with van der Waals surface area (Å²) in [7, 11) is 0. The molecule has 0 bridgehead atoms. The predicted molar refractivity (Wildman–Crippen MR) is 127 cm³/mol. The van der Waals surface area contributed by atoms with Gasteiger partial charge in [0.15, 0.2) is 0 Å². The van der Waals surface area contributed by atoms with Crippen LogP contribution in [0.5, 0.6) is 0 Å². The molecule has 33 heavy (non-hydrogen) atoms. The van der Waals surface area contributed by atoms with E-state index in [-0.39, 0.29) is 24.1 Å². The van der Waals surface area contributed by atoms with Gasteiger partial charge in [0.1, 0.15) is 5.70 Å². The fourth-order valence-corrected chi connectivity index (χ4v) is 3.71. The van der Waals surface area contributed by atoms with Crippen LogP contribution in [0.4, 0.5) is 11.4 Å². The molecule has 2 N–H and O–H groups in total. The lowest BCUT2D eigenvalue weighted by Gasteiger charge is -2.15. The second kappa shape index (κ2) is 9.08. The maximum Gasteiger partial charge on any atom is 0.278 e. The predicted octanol–water partition coefficient (Wildman–Crippen LogP) is 4.05. The van der Waals surface area contributed by atoms with E-state index < -0.39 is 5.91 Å². The molecule has 0 aliphatic carbocycles. The van der Waals surface area contributed by atoms with Crippen LogP contribution in [0.25, 0.3) is 5.57 Å². The van der Waals surface area contributed by atoms with Gasteiger partial charge in [-0.2, -0.15) is 0 Å². The molecule has 3 aromatic rings. The Bertz CT molecular complexity index is 1260. The standard InChI is InChI=1S/C26H24N4O3/c1-16-6-7-17(2)22(13-16)29-24-23(20-8-10-21(11-9-20)28-18(3)31)25(32)30(26(24)33)15-19-5-4-12-27-14-19/h4-14,29H,15H2,1-3H3,(H,28,31). The number of nitrogens with one attached hydrogen (secondary N) is 2. The van der Waals surface area contributed by atoms with Gasteiger partial charge in [0.2, 0.25) is 5.91 Å². The van der Waals surface area contributed by atoms with Gasteiger partial charge in [-0.05, 0) is 60.4 Å². The van der Waals surface area contributed by atoms with Crippen molar-refractivity contribution >= 4 is 34.7 Å². The molecule has 0 atom stereocenters. The molecular weight excluding hydrogens is 416 g/mol. The molecule has 7 nitrogen and oxygen atoms in total. The number of nitrogens with zero attached hydrogens (tertiary/aromatic N) is 2. The summed E-state index contributed by atoms with van der Waals surface area (Å²) in [6.45, 7) is 5.46. The Morgan fingerprint density at radius 1 is 1.00 bits per heavy atom. The van der Waals surface area contributed by atoms with Crippen molar-refractivity contribution in [2.75, 3.05) is 10.6 Å². The molecule has 1 aliphatic rings. The molecule has 2 aromatic carbocycles. The molecule has 0 saturated carbocycles. The van der Waals surface area contributed by atoms with Crippen molar-refractivity contribution in [3.8, 4) is 0 Å². The Balaban J connectivity index is 1.75. The number of hydrogen-bond acceptors (Lipinski definition) is 5. The minimum atomic E-state index is -0.398. The van der Waals surface area contributed by atoms with Crippen LogP contribution in [0, 0.1) is 13.8 Å². The highest BCUT2D eigenvalue weighted by molar-refractivity contribution is 6.36. The van der Waals surface area contributed by atoms with Crippen LogP contribution in [0.15, 0.2) is 72.7 Å². The average molecular weight is 441 g/mol. The molecule has 1 aliphatic heterocycles. The normalized spacial score (nSPS) is 13.5. The third-order valence-corrected chi connectivity index (χ3v) is 5.38. The Kier molecular flexibility index (Phi) is 6.04. The van der Waals surface area contributed by atoms with Crippen molar-refractivity contribution < 1.29 is 14.4 Å². The number of carbonyl (C=O) groups excluding carboxylic acids is 3. The largest absolute Gasteiger partial charge is 0.350 e. The quantitative estimate of drug-likeness (QED) is 0.565. The first-order chi connectivity index (χ1) is 15.8. The first-order valence-electron chi connectivity index (χ1n) is 10.5. The topological polar surface area (TPSA) is 91.4 Å². The highest BCUT2D eigenvalue weighted by Gasteiger charge is 2.39. The number of aromatic nitrogens is 1. The van der Waals surface area contributed by atoms with Crippen LogP contribution < -0.4 is 10.6 Å². The SMILES string of the molecule is CC(=O)Nc1ccc(C2=C(Nc3cc(C)ccc3C)C(=O)N(Cc3cccnc3)C2=O)cc1. The minimum absolute atomic E-state index is 0.122. The smallest absolute Gasteiger partial charge is 0.278 e. The average Bonchev–Trinajstić information content (AvgIpc) is 3.01. The molecule has 0 fully saturated rings. The molecule has 0 unspecified atom stereocenters. The van der Waals surface area contributed by atoms with Crippen molar-refractivity contribution in [3.63, 3.8) is 0 Å². The zero-order valence-corrected chi connectivity index (χ0v) is 18.7. The fraction of sp³-hybridized carbons (Fsp3) is 0.154. The van der Waals surface area contributed by atoms with Gasteiger partial charge < -0.3 is 10.6 Å². The number of aryl methyl sites for hydroxylation is 2. The third kappa shape index (κ3) is 4.67. The maximum atomic E-state index is 13.5. The molecule has 0 radical (unpaired) electrons. The Hall–Kier alpha value is -4.26. The Labute approximate surface area is 192 Å². The van der Waals surface area contributed by atoms with E-state index in [1.807, 2.05) is 38.1 Å². The van der Waals surface area contributed by atoms with Gasteiger partial charge in [0.25, 0.3) is 11.8 Å². The number of rotatable bonds is 6. The molecular formula is C26H24N4O3. The van der Waals surface area contributed by atoms with Crippen molar-refractivity contribution in [2.45, 2.75) is 27.3 Å².